The molecular formula is C33H44N11O+. The number of rotatable bonds is 12. The number of anilines is 2. The third kappa shape index (κ3) is 7.14. The molecule has 1 aromatic carbocycles. The summed E-state index contributed by atoms with van der Waals surface area (Å²) in [6, 6.07) is 10.5. The number of hydrogen-bond acceptors (Lipinski definition) is 9. The second-order valence-electron chi connectivity index (χ2n) is 11.7. The summed E-state index contributed by atoms with van der Waals surface area (Å²) in [4.78, 5) is 17.7. The minimum Gasteiger partial charge on any atom is -0.404 e. The molecule has 0 bridgehead atoms. The van der Waals surface area contributed by atoms with Gasteiger partial charge in [-0.25, -0.2) is 9.97 Å². The van der Waals surface area contributed by atoms with Crippen molar-refractivity contribution < 1.29 is 9.73 Å². The molecule has 0 radical (unpaired) electrons. The molecule has 1 saturated heterocycles. The van der Waals surface area contributed by atoms with Gasteiger partial charge in [0.05, 0.1) is 35.8 Å². The van der Waals surface area contributed by atoms with Gasteiger partial charge in [0, 0.05) is 90.1 Å². The maximum atomic E-state index is 5.90. The zero-order valence-electron chi connectivity index (χ0n) is 26.5. The average Bonchev–Trinajstić information content (AvgIpc) is 3.65. The molecule has 4 N–H and O–H groups in total. The number of piperazine rings is 1. The van der Waals surface area contributed by atoms with Crippen LogP contribution in [-0.2, 0) is 37.6 Å². The molecule has 1 aliphatic carbocycles. The van der Waals surface area contributed by atoms with E-state index in [-0.39, 0.29) is 0 Å². The van der Waals surface area contributed by atoms with E-state index in [1.807, 2.05) is 48.1 Å². The molecule has 12 nitrogen and oxygen atoms in total. The van der Waals surface area contributed by atoms with Crippen molar-refractivity contribution in [2.45, 2.75) is 25.8 Å². The van der Waals surface area contributed by atoms with Crippen LogP contribution in [0.2, 0.25) is 0 Å². The zero-order valence-corrected chi connectivity index (χ0v) is 26.5. The number of ether oxygens (including phenoxy) is 1. The molecule has 4 aromatic rings. The van der Waals surface area contributed by atoms with Crippen LogP contribution in [0.1, 0.15) is 28.1 Å². The Kier molecular flexibility index (Phi) is 9.63. The summed E-state index contributed by atoms with van der Waals surface area (Å²) in [5.41, 5.74) is 14.5. The first kappa shape index (κ1) is 30.6. The Morgan fingerprint density at radius 2 is 1.89 bits per heavy atom. The highest BCUT2D eigenvalue weighted by atomic mass is 16.5. The van der Waals surface area contributed by atoms with Gasteiger partial charge >= 0.3 is 0 Å². The summed E-state index contributed by atoms with van der Waals surface area (Å²) in [7, 11) is 5.65. The standard InChI is InChI=1S/C33H43N11O/c1-35-22-27(21-34)25-6-4-5-24(19-25)20-29-31-28(39-41(29)2)8-7-26-23-36-33(38-32(26)31)37-30-9-10-44(40-30)16-15-42-11-13-43(14-12-42)17-18-45-3/h4-6,9-10,19,21-23H,7-8,11-18,20,34H2,1-3H3,(H,36,37,38,40)/p+1/b27-21+,35-22?. The lowest BCUT2D eigenvalue weighted by Crippen LogP contribution is -2.63. The van der Waals surface area contributed by atoms with E-state index in [0.717, 1.165) is 117 Å². The molecule has 0 spiro atoms. The van der Waals surface area contributed by atoms with Crippen LogP contribution in [0.4, 0.5) is 11.8 Å². The number of hydrogen-bond donors (Lipinski definition) is 3. The van der Waals surface area contributed by atoms with Gasteiger partial charge in [-0.3, -0.25) is 24.2 Å². The molecule has 236 valence electrons. The Hall–Kier alpha value is -4.39. The van der Waals surface area contributed by atoms with E-state index in [1.54, 1.807) is 13.3 Å². The van der Waals surface area contributed by atoms with Crippen LogP contribution in [0.5, 0.6) is 0 Å². The van der Waals surface area contributed by atoms with Crippen molar-refractivity contribution in [3.05, 3.63) is 77.0 Å². The fraction of sp³-hybridized carbons (Fsp3) is 0.424. The maximum Gasteiger partial charge on any atom is 0.228 e. The fourth-order valence-electron chi connectivity index (χ4n) is 6.20. The molecule has 2 aliphatic rings. The quantitative estimate of drug-likeness (QED) is 0.200. The topological polar surface area (TPSA) is 129 Å². The zero-order chi connectivity index (χ0) is 31.2. The van der Waals surface area contributed by atoms with Gasteiger partial charge in [-0.2, -0.15) is 10.2 Å². The van der Waals surface area contributed by atoms with Gasteiger partial charge in [0.25, 0.3) is 0 Å². The highest BCUT2D eigenvalue weighted by Gasteiger charge is 2.26. The van der Waals surface area contributed by atoms with Crippen molar-refractivity contribution in [3.8, 4) is 11.3 Å². The van der Waals surface area contributed by atoms with Crippen molar-refractivity contribution in [2.24, 2.45) is 12.8 Å². The lowest BCUT2D eigenvalue weighted by Gasteiger charge is -2.34. The number of aryl methyl sites for hydroxylation is 3. The largest absolute Gasteiger partial charge is 0.404 e. The predicted octanol–water partition coefficient (Wildman–Crippen LogP) is 0.851. The summed E-state index contributed by atoms with van der Waals surface area (Å²) in [5, 5.41) is 13.0. The van der Waals surface area contributed by atoms with Crippen LogP contribution in [0, 0.1) is 0 Å². The summed E-state index contributed by atoms with van der Waals surface area (Å²) in [5.74, 6) is 1.27. The van der Waals surface area contributed by atoms with Gasteiger partial charge in [-0.1, -0.05) is 24.3 Å². The van der Waals surface area contributed by atoms with Crippen LogP contribution in [0.3, 0.4) is 0 Å². The number of aromatic nitrogens is 6. The van der Waals surface area contributed by atoms with Crippen LogP contribution >= 0.6 is 0 Å². The van der Waals surface area contributed by atoms with Gasteiger partial charge in [0.2, 0.25) is 5.95 Å². The van der Waals surface area contributed by atoms with Crippen molar-refractivity contribution in [2.75, 3.05) is 65.3 Å². The summed E-state index contributed by atoms with van der Waals surface area (Å²) in [6.45, 7) is 7.92. The lowest BCUT2D eigenvalue weighted by atomic mass is 9.91. The first-order valence-corrected chi connectivity index (χ1v) is 15.7. The molecule has 0 amide bonds. The van der Waals surface area contributed by atoms with Gasteiger partial charge in [0.1, 0.15) is 7.05 Å². The number of methoxy groups -OCH3 is 1. The second-order valence-corrected chi connectivity index (χ2v) is 11.7. The van der Waals surface area contributed by atoms with Crippen molar-refractivity contribution in [3.63, 3.8) is 0 Å². The van der Waals surface area contributed by atoms with Crippen molar-refractivity contribution in [1.82, 2.24) is 39.3 Å². The minimum absolute atomic E-state index is 0.538. The first-order valence-electron chi connectivity index (χ1n) is 15.7. The highest BCUT2D eigenvalue weighted by molar-refractivity contribution is 6.06. The maximum absolute atomic E-state index is 5.90. The Morgan fingerprint density at radius 3 is 2.67 bits per heavy atom. The van der Waals surface area contributed by atoms with Crippen molar-refractivity contribution in [1.29, 1.82) is 0 Å². The first-order chi connectivity index (χ1) is 22.0. The summed E-state index contributed by atoms with van der Waals surface area (Å²) in [6.07, 6.45) is 9.95. The van der Waals surface area contributed by atoms with E-state index in [9.17, 15) is 0 Å². The number of allylic oxidation sites excluding steroid dienone is 1. The molecule has 12 heteroatoms. The molecule has 4 heterocycles. The Bertz CT molecular complexity index is 1660. The third-order valence-electron chi connectivity index (χ3n) is 8.68. The number of nitrogens with zero attached hydrogens (tertiary/aromatic N) is 8. The molecule has 45 heavy (non-hydrogen) atoms. The monoisotopic (exact) mass is 610 g/mol. The number of nitrogens with two attached hydrogens (primary N) is 1. The Balaban J connectivity index is 1.14. The molecule has 0 unspecified atom stereocenters. The second kappa shape index (κ2) is 14.1. The third-order valence-corrected chi connectivity index (χ3v) is 8.68. The van der Waals surface area contributed by atoms with Gasteiger partial charge in [-0.15, -0.1) is 0 Å². The van der Waals surface area contributed by atoms with E-state index < -0.39 is 0 Å². The lowest BCUT2D eigenvalue weighted by molar-refractivity contribution is -0.412. The predicted molar refractivity (Wildman–Crippen MR) is 176 cm³/mol. The average molecular weight is 611 g/mol. The molecular weight excluding hydrogens is 566 g/mol. The Labute approximate surface area is 264 Å². The van der Waals surface area contributed by atoms with E-state index in [0.29, 0.717) is 5.95 Å². The van der Waals surface area contributed by atoms with E-state index in [2.05, 4.69) is 49.4 Å². The van der Waals surface area contributed by atoms with Crippen LogP contribution in [-0.4, -0.2) is 106 Å². The van der Waals surface area contributed by atoms with Gasteiger partial charge in [0.15, 0.2) is 12.0 Å². The van der Waals surface area contributed by atoms with Crippen LogP contribution < -0.4 is 16.0 Å². The molecule has 1 aliphatic heterocycles. The molecule has 3 aromatic heterocycles. The minimum atomic E-state index is 0.538. The SMILES string of the molecule is C[NH+]=C/C(=C\N)c1cccc(Cc2c3c(nn2C)CCc2cnc(Nc4ccn(CCN5CCN(CCOC)CC5)n4)nc2-3)c1. The van der Waals surface area contributed by atoms with Crippen molar-refractivity contribution >= 4 is 23.6 Å². The summed E-state index contributed by atoms with van der Waals surface area (Å²) >= 11 is 0. The van der Waals surface area contributed by atoms with Gasteiger partial charge in [-0.05, 0) is 29.5 Å². The number of benzene rings is 1. The fourth-order valence-corrected chi connectivity index (χ4v) is 6.20. The molecule has 6 rings (SSSR count). The van der Waals surface area contributed by atoms with E-state index in [1.165, 1.54) is 5.56 Å². The van der Waals surface area contributed by atoms with E-state index in [4.69, 9.17) is 25.7 Å². The van der Waals surface area contributed by atoms with Crippen LogP contribution in [0.25, 0.3) is 16.8 Å². The van der Waals surface area contributed by atoms with Crippen LogP contribution in [0.15, 0.2) is 48.9 Å². The molecule has 0 atom stereocenters. The van der Waals surface area contributed by atoms with E-state index >= 15 is 0 Å². The number of nitrogens with one attached hydrogen (secondary N) is 2. The van der Waals surface area contributed by atoms with Gasteiger partial charge < -0.3 is 15.8 Å². The smallest absolute Gasteiger partial charge is 0.228 e. The highest BCUT2D eigenvalue weighted by Crippen LogP contribution is 2.36. The molecule has 0 saturated carbocycles. The molecule has 1 fully saturated rings. The normalized spacial score (nSPS) is 15.8. The Morgan fingerprint density at radius 1 is 1.07 bits per heavy atom. The number of fused-ring (bicyclic) bond motifs is 3. The summed E-state index contributed by atoms with van der Waals surface area (Å²) < 4.78 is 9.21.